The fourth-order valence-corrected chi connectivity index (χ4v) is 3.62. The summed E-state index contributed by atoms with van der Waals surface area (Å²) < 4.78 is 17.0. The molecule has 2 aromatic heterocycles. The number of halogens is 1. The molecule has 0 saturated carbocycles. The van der Waals surface area contributed by atoms with Gasteiger partial charge in [0, 0.05) is 23.5 Å². The number of nitrogens with two attached hydrogens (primary N) is 1. The maximum Gasteiger partial charge on any atom is 0.229 e. The van der Waals surface area contributed by atoms with Crippen molar-refractivity contribution in [1.82, 2.24) is 4.98 Å². The lowest BCUT2D eigenvalue weighted by atomic mass is 10.1. The van der Waals surface area contributed by atoms with Gasteiger partial charge in [-0.2, -0.15) is 0 Å². The first kappa shape index (κ1) is 18.2. The van der Waals surface area contributed by atoms with Gasteiger partial charge in [-0.15, -0.1) is 11.3 Å². The molecule has 0 radical (unpaired) electrons. The predicted octanol–water partition coefficient (Wildman–Crippen LogP) is 4.40. The van der Waals surface area contributed by atoms with E-state index < -0.39 is 5.82 Å². The van der Waals surface area contributed by atoms with Crippen molar-refractivity contribution in [1.29, 1.82) is 0 Å². The Morgan fingerprint density at radius 1 is 1.27 bits per heavy atom. The molecule has 0 fully saturated rings. The third kappa shape index (κ3) is 4.53. The van der Waals surface area contributed by atoms with E-state index in [0.717, 1.165) is 16.8 Å². The van der Waals surface area contributed by atoms with Crippen LogP contribution in [0.25, 0.3) is 11.1 Å². The number of hydrogen-bond acceptors (Lipinski definition) is 6. The molecule has 4 N–H and O–H groups in total. The Morgan fingerprint density at radius 2 is 2.12 bits per heavy atom. The molecule has 0 unspecified atom stereocenters. The number of aromatic nitrogens is 1. The van der Waals surface area contributed by atoms with Crippen molar-refractivity contribution in [2.75, 3.05) is 22.0 Å². The highest BCUT2D eigenvalue weighted by Gasteiger charge is 2.11. The van der Waals surface area contributed by atoms with E-state index in [1.54, 1.807) is 24.4 Å². The first-order valence-corrected chi connectivity index (χ1v) is 9.83. The summed E-state index contributed by atoms with van der Waals surface area (Å²) in [5, 5.41) is 5.43. The Balaban J connectivity index is 1.68. The Hall–Kier alpha value is -2.58. The molecule has 1 aromatic carbocycles. The zero-order valence-electron chi connectivity index (χ0n) is 14.0. The van der Waals surface area contributed by atoms with Crippen LogP contribution in [0.1, 0.15) is 5.56 Å². The van der Waals surface area contributed by atoms with Gasteiger partial charge < -0.3 is 15.8 Å². The Bertz CT molecular complexity index is 929. The SMILES string of the molecule is CSNc1ccc(F)c(CC(=O)Nc2cc(-c3ccnc(N)c3)cs2)c1. The second-order valence-corrected chi connectivity index (χ2v) is 7.03. The van der Waals surface area contributed by atoms with Crippen LogP contribution in [0.15, 0.2) is 48.0 Å². The van der Waals surface area contributed by atoms with Crippen LogP contribution in [0.5, 0.6) is 0 Å². The number of pyridine rings is 1. The maximum absolute atomic E-state index is 13.9. The van der Waals surface area contributed by atoms with E-state index in [-0.39, 0.29) is 12.3 Å². The van der Waals surface area contributed by atoms with Crippen molar-refractivity contribution in [3.05, 3.63) is 59.4 Å². The van der Waals surface area contributed by atoms with Gasteiger partial charge in [0.2, 0.25) is 5.91 Å². The number of benzene rings is 1. The lowest BCUT2D eigenvalue weighted by Gasteiger charge is -2.07. The third-order valence-corrected chi connectivity index (χ3v) is 4.88. The largest absolute Gasteiger partial charge is 0.384 e. The van der Waals surface area contributed by atoms with Crippen molar-refractivity contribution in [2.45, 2.75) is 6.42 Å². The fourth-order valence-electron chi connectivity index (χ4n) is 2.43. The van der Waals surface area contributed by atoms with Gasteiger partial charge in [-0.1, -0.05) is 11.9 Å². The van der Waals surface area contributed by atoms with Crippen molar-refractivity contribution in [2.24, 2.45) is 0 Å². The van der Waals surface area contributed by atoms with Crippen LogP contribution < -0.4 is 15.8 Å². The van der Waals surface area contributed by atoms with E-state index in [9.17, 15) is 9.18 Å². The molecule has 3 aromatic rings. The van der Waals surface area contributed by atoms with Gasteiger partial charge in [0.25, 0.3) is 0 Å². The monoisotopic (exact) mass is 388 g/mol. The van der Waals surface area contributed by atoms with Gasteiger partial charge in [-0.25, -0.2) is 9.37 Å². The molecule has 8 heteroatoms. The molecule has 1 amide bonds. The summed E-state index contributed by atoms with van der Waals surface area (Å²) in [4.78, 5) is 16.2. The van der Waals surface area contributed by atoms with Crippen LogP contribution in [-0.2, 0) is 11.2 Å². The van der Waals surface area contributed by atoms with Crippen LogP contribution in [0.3, 0.4) is 0 Å². The molecule has 134 valence electrons. The van der Waals surface area contributed by atoms with Crippen LogP contribution in [-0.4, -0.2) is 17.1 Å². The Kier molecular flexibility index (Phi) is 5.75. The molecule has 0 saturated heterocycles. The predicted molar refractivity (Wildman–Crippen MR) is 108 cm³/mol. The van der Waals surface area contributed by atoms with E-state index >= 15 is 0 Å². The van der Waals surface area contributed by atoms with E-state index in [1.165, 1.54) is 29.4 Å². The minimum atomic E-state index is -0.397. The zero-order chi connectivity index (χ0) is 18.5. The second kappa shape index (κ2) is 8.20. The molecule has 2 heterocycles. The molecular formula is C18H17FN4OS2. The molecule has 26 heavy (non-hydrogen) atoms. The zero-order valence-corrected chi connectivity index (χ0v) is 15.6. The van der Waals surface area contributed by atoms with Gasteiger partial charge in [-0.3, -0.25) is 4.79 Å². The molecule has 0 atom stereocenters. The summed E-state index contributed by atoms with van der Waals surface area (Å²) in [6.45, 7) is 0. The quantitative estimate of drug-likeness (QED) is 0.545. The summed E-state index contributed by atoms with van der Waals surface area (Å²) in [6.07, 6.45) is 3.48. The van der Waals surface area contributed by atoms with E-state index in [0.29, 0.717) is 16.4 Å². The molecular weight excluding hydrogens is 371 g/mol. The van der Waals surface area contributed by atoms with Crippen molar-refractivity contribution < 1.29 is 9.18 Å². The first-order valence-electron chi connectivity index (χ1n) is 7.73. The molecule has 0 aliphatic carbocycles. The molecule has 0 bridgehead atoms. The first-order chi connectivity index (χ1) is 12.5. The van der Waals surface area contributed by atoms with Crippen molar-refractivity contribution >= 4 is 45.7 Å². The fraction of sp³-hybridized carbons (Fsp3) is 0.111. The summed E-state index contributed by atoms with van der Waals surface area (Å²) in [6, 6.07) is 10.1. The number of carbonyl (C=O) groups is 1. The third-order valence-electron chi connectivity index (χ3n) is 3.59. The number of anilines is 3. The number of carbonyl (C=O) groups excluding carboxylic acids is 1. The average molecular weight is 388 g/mol. The summed E-state index contributed by atoms with van der Waals surface area (Å²) in [5.74, 6) is -0.229. The number of amides is 1. The Labute approximate surface area is 159 Å². The lowest BCUT2D eigenvalue weighted by Crippen LogP contribution is -2.14. The van der Waals surface area contributed by atoms with Crippen LogP contribution >= 0.6 is 23.3 Å². The topological polar surface area (TPSA) is 80.0 Å². The lowest BCUT2D eigenvalue weighted by molar-refractivity contribution is -0.115. The molecule has 0 spiro atoms. The smallest absolute Gasteiger partial charge is 0.229 e. The minimum absolute atomic E-state index is 0.0365. The highest BCUT2D eigenvalue weighted by molar-refractivity contribution is 7.99. The number of rotatable bonds is 6. The second-order valence-electron chi connectivity index (χ2n) is 5.51. The summed E-state index contributed by atoms with van der Waals surface area (Å²) >= 11 is 2.81. The number of nitrogen functional groups attached to an aromatic ring is 1. The highest BCUT2D eigenvalue weighted by Crippen LogP contribution is 2.29. The van der Waals surface area contributed by atoms with Gasteiger partial charge in [0.1, 0.15) is 11.6 Å². The average Bonchev–Trinajstić information content (AvgIpc) is 3.06. The maximum atomic E-state index is 13.9. The van der Waals surface area contributed by atoms with Gasteiger partial charge >= 0.3 is 0 Å². The van der Waals surface area contributed by atoms with Gasteiger partial charge in [0.05, 0.1) is 11.4 Å². The summed E-state index contributed by atoms with van der Waals surface area (Å²) in [7, 11) is 0. The molecule has 0 aliphatic heterocycles. The van der Waals surface area contributed by atoms with Crippen LogP contribution in [0, 0.1) is 5.82 Å². The number of thiophene rings is 1. The normalized spacial score (nSPS) is 10.5. The molecule has 3 rings (SSSR count). The number of nitrogens with zero attached hydrogens (tertiary/aromatic N) is 1. The van der Waals surface area contributed by atoms with Gasteiger partial charge in [-0.05, 0) is 53.1 Å². The summed E-state index contributed by atoms with van der Waals surface area (Å²) in [5.41, 5.74) is 8.67. The highest BCUT2D eigenvalue weighted by atomic mass is 32.2. The van der Waals surface area contributed by atoms with Crippen molar-refractivity contribution in [3.63, 3.8) is 0 Å². The van der Waals surface area contributed by atoms with Crippen molar-refractivity contribution in [3.8, 4) is 11.1 Å². The van der Waals surface area contributed by atoms with Crippen LogP contribution in [0.2, 0.25) is 0 Å². The Morgan fingerprint density at radius 3 is 2.88 bits per heavy atom. The van der Waals surface area contributed by atoms with E-state index in [2.05, 4.69) is 15.0 Å². The van der Waals surface area contributed by atoms with Gasteiger partial charge in [0.15, 0.2) is 0 Å². The number of nitrogens with one attached hydrogen (secondary N) is 2. The molecule has 5 nitrogen and oxygen atoms in total. The molecule has 0 aliphatic rings. The minimum Gasteiger partial charge on any atom is -0.384 e. The standard InChI is InChI=1S/C18H17FN4OS2/c1-25-23-14-2-3-15(19)12(6-14)8-17(24)22-18-9-13(10-26-18)11-4-5-21-16(20)7-11/h2-7,9-10,23H,8H2,1H3,(H2,20,21)(H,22,24). The number of hydrogen-bond donors (Lipinski definition) is 3. The van der Waals surface area contributed by atoms with Crippen LogP contribution in [0.4, 0.5) is 20.9 Å². The van der Waals surface area contributed by atoms with E-state index in [4.69, 9.17) is 5.73 Å². The van der Waals surface area contributed by atoms with E-state index in [1.807, 2.05) is 23.8 Å².